The molecule has 1 aliphatic carbocycles. The fraction of sp³-hybridized carbons (Fsp3) is 1.00. The van der Waals surface area contributed by atoms with Gasteiger partial charge in [-0.15, -0.1) is 0 Å². The van der Waals surface area contributed by atoms with Crippen molar-refractivity contribution in [3.8, 4) is 0 Å². The molecule has 1 fully saturated rings. The van der Waals surface area contributed by atoms with Gasteiger partial charge < -0.3 is 9.53 Å². The van der Waals surface area contributed by atoms with Crippen molar-refractivity contribution < 1.29 is 9.53 Å². The third-order valence-corrected chi connectivity index (χ3v) is 8.90. The lowest BCUT2D eigenvalue weighted by Crippen LogP contribution is -2.47. The average Bonchev–Trinajstić information content (AvgIpc) is 2.75. The van der Waals surface area contributed by atoms with E-state index in [9.17, 15) is 5.11 Å². The summed E-state index contributed by atoms with van der Waals surface area (Å²) in [5.74, 6) is 0. The molecule has 0 amide bonds. The van der Waals surface area contributed by atoms with E-state index in [4.69, 9.17) is 4.43 Å². The van der Waals surface area contributed by atoms with E-state index in [1.165, 1.54) is 31.0 Å². The van der Waals surface area contributed by atoms with Gasteiger partial charge in [-0.2, -0.15) is 0 Å². The number of aliphatic hydroxyl groups excluding tert-OH is 1. The van der Waals surface area contributed by atoms with Crippen LogP contribution in [0.2, 0.25) is 18.1 Å². The molecule has 0 heterocycles. The van der Waals surface area contributed by atoms with Crippen LogP contribution in [0.1, 0.15) is 46.5 Å². The van der Waals surface area contributed by atoms with Crippen molar-refractivity contribution in [2.24, 2.45) is 0 Å². The van der Waals surface area contributed by atoms with Gasteiger partial charge in [0, 0.05) is 0 Å². The van der Waals surface area contributed by atoms with Crippen LogP contribution in [0.25, 0.3) is 0 Å². The van der Waals surface area contributed by atoms with E-state index in [-0.39, 0.29) is 12.2 Å². The number of hydrogen-bond acceptors (Lipinski definition) is 2. The van der Waals surface area contributed by atoms with Gasteiger partial charge in [-0.3, -0.25) is 0 Å². The first kappa shape index (κ1) is 13.2. The normalized spacial score (nSPS) is 20.8. The van der Waals surface area contributed by atoms with E-state index in [2.05, 4.69) is 20.8 Å². The van der Waals surface area contributed by atoms with E-state index >= 15 is 0 Å². The predicted molar refractivity (Wildman–Crippen MR) is 66.6 cm³/mol. The Bertz CT molecular complexity index is 169. The van der Waals surface area contributed by atoms with Crippen molar-refractivity contribution in [1.29, 1.82) is 0 Å². The first-order valence-electron chi connectivity index (χ1n) is 6.47. The maximum absolute atomic E-state index is 9.56. The molecule has 15 heavy (non-hydrogen) atoms. The van der Waals surface area contributed by atoms with Crippen LogP contribution in [0.4, 0.5) is 0 Å². The summed E-state index contributed by atoms with van der Waals surface area (Å²) in [4.78, 5) is 0. The summed E-state index contributed by atoms with van der Waals surface area (Å²) in [5, 5.41) is 9.56. The lowest BCUT2D eigenvalue weighted by Gasteiger charge is -2.39. The molecule has 0 spiro atoms. The number of hydrogen-bond donors (Lipinski definition) is 1. The summed E-state index contributed by atoms with van der Waals surface area (Å²) in [6.45, 7) is 6.97. The summed E-state index contributed by atoms with van der Waals surface area (Å²) in [6.07, 6.45) is 4.58. The van der Waals surface area contributed by atoms with Crippen molar-refractivity contribution in [3.05, 3.63) is 0 Å². The summed E-state index contributed by atoms with van der Waals surface area (Å²) in [6, 6.07) is 3.55. The molecule has 0 aromatic heterocycles. The van der Waals surface area contributed by atoms with Crippen molar-refractivity contribution >= 4 is 8.32 Å². The van der Waals surface area contributed by atoms with Crippen molar-refractivity contribution in [1.82, 2.24) is 0 Å². The van der Waals surface area contributed by atoms with Crippen LogP contribution in [0.3, 0.4) is 0 Å². The zero-order valence-corrected chi connectivity index (χ0v) is 11.5. The minimum Gasteiger partial charge on any atom is -0.409 e. The number of rotatable bonds is 6. The minimum atomic E-state index is -1.54. The highest BCUT2D eigenvalue weighted by molar-refractivity contribution is 6.73. The highest BCUT2D eigenvalue weighted by Crippen LogP contribution is 2.38. The van der Waals surface area contributed by atoms with E-state index in [0.717, 1.165) is 12.8 Å². The molecule has 0 aromatic carbocycles. The monoisotopic (exact) mass is 230 g/mol. The Morgan fingerprint density at radius 2 is 1.53 bits per heavy atom. The van der Waals surface area contributed by atoms with Crippen molar-refractivity contribution in [2.75, 3.05) is 6.61 Å². The van der Waals surface area contributed by atoms with Crippen LogP contribution in [0.15, 0.2) is 0 Å². The van der Waals surface area contributed by atoms with E-state index in [1.54, 1.807) is 0 Å². The van der Waals surface area contributed by atoms with Crippen LogP contribution < -0.4 is 0 Å². The zero-order valence-electron chi connectivity index (χ0n) is 10.5. The Morgan fingerprint density at radius 1 is 1.07 bits per heavy atom. The standard InChI is InChI=1S/C12H26O2Si/c1-4-15(5-2,6-3)14-12(11-13)9-7-8-10-12/h13H,4-11H2,1-3H3. The molecule has 2 nitrogen and oxygen atoms in total. The molecule has 0 radical (unpaired) electrons. The molecule has 0 atom stereocenters. The average molecular weight is 230 g/mol. The molecule has 90 valence electrons. The second-order valence-corrected chi connectivity index (χ2v) is 9.59. The Labute approximate surface area is 95.2 Å². The summed E-state index contributed by atoms with van der Waals surface area (Å²) in [5.41, 5.74) is -0.158. The topological polar surface area (TPSA) is 29.5 Å². The molecule has 0 unspecified atom stereocenters. The minimum absolute atomic E-state index is 0.158. The van der Waals surface area contributed by atoms with Crippen LogP contribution in [0.5, 0.6) is 0 Å². The molecule has 3 heteroatoms. The molecule has 0 aliphatic heterocycles. The van der Waals surface area contributed by atoms with E-state index < -0.39 is 8.32 Å². The second-order valence-electron chi connectivity index (χ2n) is 4.89. The van der Waals surface area contributed by atoms with E-state index in [1.807, 2.05) is 0 Å². The maximum atomic E-state index is 9.56. The van der Waals surface area contributed by atoms with Crippen LogP contribution in [-0.2, 0) is 4.43 Å². The quantitative estimate of drug-likeness (QED) is 0.709. The van der Waals surface area contributed by atoms with Gasteiger partial charge in [-0.1, -0.05) is 33.6 Å². The molecular weight excluding hydrogens is 204 g/mol. The Balaban J connectivity index is 2.70. The molecule has 1 N–H and O–H groups in total. The molecule has 1 aliphatic rings. The van der Waals surface area contributed by atoms with Gasteiger partial charge in [0.05, 0.1) is 12.2 Å². The second kappa shape index (κ2) is 5.46. The molecule has 0 saturated heterocycles. The van der Waals surface area contributed by atoms with Crippen molar-refractivity contribution in [2.45, 2.75) is 70.2 Å². The third kappa shape index (κ3) is 2.83. The Kier molecular flexibility index (Phi) is 4.81. The lowest BCUT2D eigenvalue weighted by molar-refractivity contribution is 0.00518. The van der Waals surface area contributed by atoms with Crippen LogP contribution >= 0.6 is 0 Å². The van der Waals surface area contributed by atoms with Crippen LogP contribution in [-0.4, -0.2) is 25.6 Å². The zero-order chi connectivity index (χ0) is 11.4. The van der Waals surface area contributed by atoms with Gasteiger partial charge in [0.1, 0.15) is 0 Å². The van der Waals surface area contributed by atoms with Crippen molar-refractivity contribution in [3.63, 3.8) is 0 Å². The smallest absolute Gasteiger partial charge is 0.192 e. The van der Waals surface area contributed by atoms with Gasteiger partial charge in [0.25, 0.3) is 0 Å². The largest absolute Gasteiger partial charge is 0.409 e. The van der Waals surface area contributed by atoms with Gasteiger partial charge >= 0.3 is 0 Å². The van der Waals surface area contributed by atoms with Gasteiger partial charge in [-0.25, -0.2) is 0 Å². The molecule has 0 bridgehead atoms. The Hall–Kier alpha value is 0.137. The highest BCUT2D eigenvalue weighted by Gasteiger charge is 2.42. The molecule has 0 aromatic rings. The Morgan fingerprint density at radius 3 is 1.87 bits per heavy atom. The van der Waals surface area contributed by atoms with E-state index in [0.29, 0.717) is 0 Å². The van der Waals surface area contributed by atoms with Gasteiger partial charge in [-0.05, 0) is 31.0 Å². The molecule has 1 rings (SSSR count). The summed E-state index contributed by atoms with van der Waals surface area (Å²) in [7, 11) is -1.54. The predicted octanol–water partition coefficient (Wildman–Crippen LogP) is 3.31. The summed E-state index contributed by atoms with van der Waals surface area (Å²) < 4.78 is 6.47. The SMILES string of the molecule is CC[Si](CC)(CC)OC1(CO)CCCC1. The lowest BCUT2D eigenvalue weighted by atomic mass is 10.1. The molecule has 1 saturated carbocycles. The fourth-order valence-corrected chi connectivity index (χ4v) is 5.86. The van der Waals surface area contributed by atoms with Gasteiger partial charge in [0.2, 0.25) is 0 Å². The molecular formula is C12H26O2Si. The van der Waals surface area contributed by atoms with Crippen LogP contribution in [0, 0.1) is 0 Å². The van der Waals surface area contributed by atoms with Gasteiger partial charge in [0.15, 0.2) is 8.32 Å². The fourth-order valence-electron chi connectivity index (χ4n) is 2.74. The first-order chi connectivity index (χ1) is 7.16. The summed E-state index contributed by atoms with van der Waals surface area (Å²) >= 11 is 0. The first-order valence-corrected chi connectivity index (χ1v) is 9.00. The highest BCUT2D eigenvalue weighted by atomic mass is 28.4. The maximum Gasteiger partial charge on any atom is 0.192 e. The number of aliphatic hydroxyl groups is 1. The third-order valence-electron chi connectivity index (χ3n) is 4.17.